The van der Waals surface area contributed by atoms with Crippen LogP contribution in [0.1, 0.15) is 61.4 Å². The van der Waals surface area contributed by atoms with E-state index in [4.69, 9.17) is 4.74 Å². The van der Waals surface area contributed by atoms with Gasteiger partial charge in [0.2, 0.25) is 0 Å². The molecular formula is C23H30N2O2. The Labute approximate surface area is 162 Å². The SMILES string of the molecule is CCCCCCCCNC(=O)c1ccc(N=Cc2cccc(OC)c2)cc1. The minimum absolute atomic E-state index is 0.0214. The van der Waals surface area contributed by atoms with E-state index in [1.54, 1.807) is 13.3 Å². The first kappa shape index (κ1) is 20.7. The number of aliphatic imine (C=N–C) groups is 1. The topological polar surface area (TPSA) is 50.7 Å². The second-order valence-corrected chi connectivity index (χ2v) is 6.61. The molecule has 0 bridgehead atoms. The van der Waals surface area contributed by atoms with Gasteiger partial charge >= 0.3 is 0 Å². The number of unbranched alkanes of at least 4 members (excludes halogenated alkanes) is 5. The molecule has 0 aliphatic heterocycles. The van der Waals surface area contributed by atoms with Gasteiger partial charge in [0.05, 0.1) is 12.8 Å². The molecule has 0 saturated carbocycles. The van der Waals surface area contributed by atoms with Gasteiger partial charge in [-0.05, 0) is 48.4 Å². The highest BCUT2D eigenvalue weighted by atomic mass is 16.5. The Hall–Kier alpha value is -2.62. The van der Waals surface area contributed by atoms with E-state index in [2.05, 4.69) is 17.2 Å². The monoisotopic (exact) mass is 366 g/mol. The lowest BCUT2D eigenvalue weighted by Crippen LogP contribution is -2.24. The van der Waals surface area contributed by atoms with Crippen LogP contribution < -0.4 is 10.1 Å². The second-order valence-electron chi connectivity index (χ2n) is 6.61. The maximum Gasteiger partial charge on any atom is 0.251 e. The average molecular weight is 367 g/mol. The number of nitrogens with zero attached hydrogens (tertiary/aromatic N) is 1. The van der Waals surface area contributed by atoms with Crippen LogP contribution in [-0.2, 0) is 0 Å². The number of carbonyl (C=O) groups is 1. The minimum atomic E-state index is -0.0214. The molecule has 0 saturated heterocycles. The van der Waals surface area contributed by atoms with Crippen molar-refractivity contribution in [1.82, 2.24) is 5.32 Å². The second kappa shape index (κ2) is 11.9. The number of carbonyl (C=O) groups excluding carboxylic acids is 1. The molecule has 0 heterocycles. The lowest BCUT2D eigenvalue weighted by atomic mass is 10.1. The quantitative estimate of drug-likeness (QED) is 0.419. The highest BCUT2D eigenvalue weighted by Gasteiger charge is 2.04. The molecular weight excluding hydrogens is 336 g/mol. The van der Waals surface area contributed by atoms with Crippen molar-refractivity contribution in [1.29, 1.82) is 0 Å². The molecule has 144 valence electrons. The first-order valence-corrected chi connectivity index (χ1v) is 9.79. The number of benzene rings is 2. The largest absolute Gasteiger partial charge is 0.497 e. The van der Waals surface area contributed by atoms with Gasteiger partial charge in [0.1, 0.15) is 5.75 Å². The molecule has 4 nitrogen and oxygen atoms in total. The minimum Gasteiger partial charge on any atom is -0.497 e. The van der Waals surface area contributed by atoms with Crippen molar-refractivity contribution in [3.63, 3.8) is 0 Å². The van der Waals surface area contributed by atoms with Crippen LogP contribution in [0.4, 0.5) is 5.69 Å². The molecule has 1 N–H and O–H groups in total. The average Bonchev–Trinajstić information content (AvgIpc) is 2.72. The van der Waals surface area contributed by atoms with E-state index in [0.717, 1.165) is 30.0 Å². The van der Waals surface area contributed by atoms with E-state index in [-0.39, 0.29) is 5.91 Å². The molecule has 0 unspecified atom stereocenters. The third-order valence-electron chi connectivity index (χ3n) is 4.40. The molecule has 0 aromatic heterocycles. The van der Waals surface area contributed by atoms with Gasteiger partial charge in [-0.3, -0.25) is 9.79 Å². The van der Waals surface area contributed by atoms with Crippen LogP contribution in [0, 0.1) is 0 Å². The number of hydrogen-bond acceptors (Lipinski definition) is 3. The Morgan fingerprint density at radius 3 is 2.52 bits per heavy atom. The molecule has 0 aliphatic rings. The van der Waals surface area contributed by atoms with Gasteiger partial charge < -0.3 is 10.1 Å². The van der Waals surface area contributed by atoms with Gasteiger partial charge in [-0.2, -0.15) is 0 Å². The normalized spacial score (nSPS) is 10.9. The van der Waals surface area contributed by atoms with Crippen molar-refractivity contribution in [3.8, 4) is 5.75 Å². The molecule has 2 aromatic rings. The molecule has 0 atom stereocenters. The first-order valence-electron chi connectivity index (χ1n) is 9.79. The molecule has 0 radical (unpaired) electrons. The summed E-state index contributed by atoms with van der Waals surface area (Å²) in [5.74, 6) is 0.781. The van der Waals surface area contributed by atoms with E-state index in [0.29, 0.717) is 5.56 Å². The van der Waals surface area contributed by atoms with Gasteiger partial charge in [-0.25, -0.2) is 0 Å². The van der Waals surface area contributed by atoms with Crippen molar-refractivity contribution in [2.75, 3.05) is 13.7 Å². The van der Waals surface area contributed by atoms with Crippen LogP contribution in [0.15, 0.2) is 53.5 Å². The van der Waals surface area contributed by atoms with Crippen LogP contribution in [0.25, 0.3) is 0 Å². The summed E-state index contributed by atoms with van der Waals surface area (Å²) in [6.07, 6.45) is 9.12. The maximum absolute atomic E-state index is 12.2. The number of amides is 1. The summed E-state index contributed by atoms with van der Waals surface area (Å²) in [6.45, 7) is 2.95. The Bertz CT molecular complexity index is 723. The zero-order valence-corrected chi connectivity index (χ0v) is 16.4. The van der Waals surface area contributed by atoms with Crippen molar-refractivity contribution in [2.45, 2.75) is 45.4 Å². The summed E-state index contributed by atoms with van der Waals surface area (Å²) in [5, 5.41) is 2.99. The van der Waals surface area contributed by atoms with Crippen molar-refractivity contribution in [3.05, 3.63) is 59.7 Å². The fraction of sp³-hybridized carbons (Fsp3) is 0.391. The maximum atomic E-state index is 12.2. The van der Waals surface area contributed by atoms with E-state index < -0.39 is 0 Å². The Morgan fingerprint density at radius 2 is 1.78 bits per heavy atom. The zero-order valence-electron chi connectivity index (χ0n) is 16.4. The number of hydrogen-bond donors (Lipinski definition) is 1. The Morgan fingerprint density at radius 1 is 1.04 bits per heavy atom. The van der Waals surface area contributed by atoms with E-state index in [1.165, 1.54) is 32.1 Å². The van der Waals surface area contributed by atoms with Crippen LogP contribution in [-0.4, -0.2) is 25.8 Å². The van der Waals surface area contributed by atoms with Crippen molar-refractivity contribution < 1.29 is 9.53 Å². The third-order valence-corrected chi connectivity index (χ3v) is 4.40. The van der Waals surface area contributed by atoms with E-state index in [9.17, 15) is 4.79 Å². The summed E-state index contributed by atoms with van der Waals surface area (Å²) in [4.78, 5) is 16.6. The van der Waals surface area contributed by atoms with E-state index >= 15 is 0 Å². The summed E-state index contributed by atoms with van der Waals surface area (Å²) < 4.78 is 5.21. The van der Waals surface area contributed by atoms with Crippen molar-refractivity contribution >= 4 is 17.8 Å². The fourth-order valence-electron chi connectivity index (χ4n) is 2.78. The molecule has 27 heavy (non-hydrogen) atoms. The van der Waals surface area contributed by atoms with Gasteiger partial charge in [0, 0.05) is 18.3 Å². The zero-order chi connectivity index (χ0) is 19.3. The highest BCUT2D eigenvalue weighted by Crippen LogP contribution is 2.15. The Kier molecular flexibility index (Phi) is 9.11. The fourth-order valence-corrected chi connectivity index (χ4v) is 2.78. The summed E-state index contributed by atoms with van der Waals surface area (Å²) >= 11 is 0. The van der Waals surface area contributed by atoms with Crippen LogP contribution in [0.3, 0.4) is 0 Å². The van der Waals surface area contributed by atoms with Crippen molar-refractivity contribution in [2.24, 2.45) is 4.99 Å². The van der Waals surface area contributed by atoms with Gasteiger partial charge in [0.25, 0.3) is 5.91 Å². The highest BCUT2D eigenvalue weighted by molar-refractivity contribution is 5.94. The number of rotatable bonds is 11. The summed E-state index contributed by atoms with van der Waals surface area (Å²) in [6, 6.07) is 15.1. The first-order chi connectivity index (χ1) is 13.2. The van der Waals surface area contributed by atoms with Crippen LogP contribution >= 0.6 is 0 Å². The lowest BCUT2D eigenvalue weighted by molar-refractivity contribution is 0.0953. The summed E-state index contributed by atoms with van der Waals surface area (Å²) in [5.41, 5.74) is 2.45. The predicted molar refractivity (Wildman–Crippen MR) is 112 cm³/mol. The smallest absolute Gasteiger partial charge is 0.251 e. The number of methoxy groups -OCH3 is 1. The molecule has 0 aliphatic carbocycles. The predicted octanol–water partition coefficient (Wildman–Crippen LogP) is 5.54. The molecule has 2 aromatic carbocycles. The number of ether oxygens (including phenoxy) is 1. The lowest BCUT2D eigenvalue weighted by Gasteiger charge is -2.05. The van der Waals surface area contributed by atoms with E-state index in [1.807, 2.05) is 48.5 Å². The summed E-state index contributed by atoms with van der Waals surface area (Å²) in [7, 11) is 1.65. The van der Waals surface area contributed by atoms with Gasteiger partial charge in [-0.15, -0.1) is 0 Å². The molecule has 2 rings (SSSR count). The molecule has 0 fully saturated rings. The molecule has 4 heteroatoms. The van der Waals surface area contributed by atoms with Gasteiger partial charge in [0.15, 0.2) is 0 Å². The number of nitrogens with one attached hydrogen (secondary N) is 1. The third kappa shape index (κ3) is 7.65. The molecule has 1 amide bonds. The standard InChI is InChI=1S/C23H30N2O2/c1-3-4-5-6-7-8-16-24-23(26)20-12-14-21(15-13-20)25-18-19-10-9-11-22(17-19)27-2/h9-15,17-18H,3-8,16H2,1-2H3,(H,24,26). The van der Waals surface area contributed by atoms with Crippen LogP contribution in [0.2, 0.25) is 0 Å². The Balaban J connectivity index is 1.78. The molecule has 0 spiro atoms. The van der Waals surface area contributed by atoms with Crippen LogP contribution in [0.5, 0.6) is 5.75 Å². The van der Waals surface area contributed by atoms with Gasteiger partial charge in [-0.1, -0.05) is 51.2 Å².